The number of anilines is 1. The molecule has 1 aliphatic rings. The molecule has 1 heterocycles. The Morgan fingerprint density at radius 1 is 1.12 bits per heavy atom. The van der Waals surface area contributed by atoms with Gasteiger partial charge in [0.25, 0.3) is 0 Å². The summed E-state index contributed by atoms with van der Waals surface area (Å²) in [6.07, 6.45) is 0.851. The van der Waals surface area contributed by atoms with E-state index in [4.69, 9.17) is 16.3 Å². The summed E-state index contributed by atoms with van der Waals surface area (Å²) in [6.45, 7) is 9.77. The van der Waals surface area contributed by atoms with Crippen LogP contribution < -0.4 is 16.4 Å². The van der Waals surface area contributed by atoms with Crippen molar-refractivity contribution in [2.45, 2.75) is 33.7 Å². The van der Waals surface area contributed by atoms with Gasteiger partial charge in [0, 0.05) is 25.3 Å². The fraction of sp³-hybridized carbons (Fsp3) is 0.611. The first-order valence-electron chi connectivity index (χ1n) is 8.59. The highest BCUT2D eigenvalue weighted by molar-refractivity contribution is 5.75. The Bertz CT molecular complexity index is 561. The Balaban J connectivity index is 1.96. The van der Waals surface area contributed by atoms with Gasteiger partial charge >= 0.3 is 5.97 Å². The third-order valence-corrected chi connectivity index (χ3v) is 4.25. The molecule has 0 radical (unpaired) electrons. The largest absolute Gasteiger partial charge is 0.369 e. The number of hydrogen-bond donors (Lipinski definition) is 2. The third-order valence-electron chi connectivity index (χ3n) is 4.25. The second-order valence-corrected chi connectivity index (χ2v) is 7.24. The topological polar surface area (TPSA) is 84.8 Å². The Labute approximate surface area is 144 Å². The average molecular weight is 334 g/mol. The summed E-state index contributed by atoms with van der Waals surface area (Å²) in [5.41, 5.74) is 14.6. The number of hydrogen-bond acceptors (Lipinski definition) is 6. The minimum absolute atomic E-state index is 0.187. The summed E-state index contributed by atoms with van der Waals surface area (Å²) in [6, 6.07) is 6.40. The lowest BCUT2D eigenvalue weighted by Gasteiger charge is -2.36. The molecule has 0 atom stereocenters. The van der Waals surface area contributed by atoms with Crippen molar-refractivity contribution in [1.82, 2.24) is 5.06 Å². The predicted octanol–water partition coefficient (Wildman–Crippen LogP) is 1.27. The number of carbonyl (C=O) groups is 1. The third kappa shape index (κ3) is 4.69. The molecule has 0 spiro atoms. The van der Waals surface area contributed by atoms with E-state index in [0.717, 1.165) is 30.8 Å². The van der Waals surface area contributed by atoms with Crippen LogP contribution in [0.4, 0.5) is 5.69 Å². The standard InChI is InChI=1S/C18H30N4O2/c1-18(2,3)17(23)24-22-10-8-21(9-11-22)16-5-4-14(6-7-19)15(12-16)13-20/h4-5,12H,6-11,13,19-20H2,1-3H3. The van der Waals surface area contributed by atoms with Gasteiger partial charge in [-0.25, -0.2) is 4.79 Å². The van der Waals surface area contributed by atoms with Gasteiger partial charge in [0.15, 0.2) is 0 Å². The van der Waals surface area contributed by atoms with Crippen LogP contribution in [-0.2, 0) is 22.6 Å². The molecule has 4 N–H and O–H groups in total. The van der Waals surface area contributed by atoms with Crippen molar-refractivity contribution in [1.29, 1.82) is 0 Å². The lowest BCUT2D eigenvalue weighted by atomic mass is 9.98. The van der Waals surface area contributed by atoms with E-state index in [9.17, 15) is 4.79 Å². The maximum absolute atomic E-state index is 12.0. The van der Waals surface area contributed by atoms with E-state index in [2.05, 4.69) is 23.1 Å². The zero-order valence-electron chi connectivity index (χ0n) is 15.0. The summed E-state index contributed by atoms with van der Waals surface area (Å²) in [5, 5.41) is 1.76. The van der Waals surface area contributed by atoms with Gasteiger partial charge in [-0.2, -0.15) is 0 Å². The number of carbonyl (C=O) groups excluding carboxylic acids is 1. The van der Waals surface area contributed by atoms with Crippen molar-refractivity contribution in [2.24, 2.45) is 16.9 Å². The SMILES string of the molecule is CC(C)(C)C(=O)ON1CCN(c2ccc(CCN)c(CN)c2)CC1. The van der Waals surface area contributed by atoms with Crippen LogP contribution >= 0.6 is 0 Å². The lowest BCUT2D eigenvalue weighted by molar-refractivity contribution is -0.201. The fourth-order valence-corrected chi connectivity index (χ4v) is 2.69. The molecule has 1 aromatic carbocycles. The van der Waals surface area contributed by atoms with Gasteiger partial charge in [-0.05, 0) is 57.0 Å². The van der Waals surface area contributed by atoms with Crippen molar-refractivity contribution in [3.63, 3.8) is 0 Å². The molecule has 1 saturated heterocycles. The molecule has 0 bridgehead atoms. The molecule has 1 aromatic rings. The lowest BCUT2D eigenvalue weighted by Crippen LogP contribution is -2.48. The van der Waals surface area contributed by atoms with Crippen LogP contribution in [-0.4, -0.2) is 43.8 Å². The van der Waals surface area contributed by atoms with Crippen molar-refractivity contribution < 1.29 is 9.63 Å². The molecular formula is C18H30N4O2. The number of rotatable bonds is 5. The Morgan fingerprint density at radius 2 is 1.79 bits per heavy atom. The van der Waals surface area contributed by atoms with E-state index in [1.54, 1.807) is 5.06 Å². The Morgan fingerprint density at radius 3 is 2.33 bits per heavy atom. The summed E-state index contributed by atoms with van der Waals surface area (Å²) in [7, 11) is 0. The second kappa shape index (κ2) is 7.96. The first-order valence-corrected chi connectivity index (χ1v) is 8.59. The summed E-state index contributed by atoms with van der Waals surface area (Å²) in [4.78, 5) is 19.7. The van der Waals surface area contributed by atoms with Crippen LogP contribution in [0.15, 0.2) is 18.2 Å². The zero-order valence-corrected chi connectivity index (χ0v) is 15.0. The van der Waals surface area contributed by atoms with Gasteiger partial charge in [0.1, 0.15) is 0 Å². The first-order chi connectivity index (χ1) is 11.3. The van der Waals surface area contributed by atoms with Crippen LogP contribution in [0.5, 0.6) is 0 Å². The predicted molar refractivity (Wildman–Crippen MR) is 96.4 cm³/mol. The molecule has 2 rings (SSSR count). The van der Waals surface area contributed by atoms with E-state index < -0.39 is 5.41 Å². The molecule has 134 valence electrons. The number of nitrogens with zero attached hydrogens (tertiary/aromatic N) is 2. The van der Waals surface area contributed by atoms with Gasteiger partial charge in [-0.1, -0.05) is 6.07 Å². The van der Waals surface area contributed by atoms with Gasteiger partial charge in [-0.15, -0.1) is 5.06 Å². The van der Waals surface area contributed by atoms with E-state index in [-0.39, 0.29) is 5.97 Å². The van der Waals surface area contributed by atoms with Crippen molar-refractivity contribution in [2.75, 3.05) is 37.6 Å². The fourth-order valence-electron chi connectivity index (χ4n) is 2.69. The van der Waals surface area contributed by atoms with Crippen LogP contribution in [0.3, 0.4) is 0 Å². The molecule has 6 heteroatoms. The monoisotopic (exact) mass is 334 g/mol. The van der Waals surface area contributed by atoms with Crippen molar-refractivity contribution >= 4 is 11.7 Å². The number of nitrogens with two attached hydrogens (primary N) is 2. The molecule has 0 saturated carbocycles. The quantitative estimate of drug-likeness (QED) is 0.844. The van der Waals surface area contributed by atoms with E-state index in [0.29, 0.717) is 26.2 Å². The highest BCUT2D eigenvalue weighted by Gasteiger charge is 2.28. The smallest absolute Gasteiger partial charge is 0.330 e. The van der Waals surface area contributed by atoms with Gasteiger partial charge < -0.3 is 21.2 Å². The Hall–Kier alpha value is -1.63. The van der Waals surface area contributed by atoms with Crippen molar-refractivity contribution in [3.8, 4) is 0 Å². The summed E-state index contributed by atoms with van der Waals surface area (Å²) < 4.78 is 0. The van der Waals surface area contributed by atoms with Gasteiger partial charge in [-0.3, -0.25) is 0 Å². The molecule has 0 amide bonds. The maximum atomic E-state index is 12.0. The van der Waals surface area contributed by atoms with Gasteiger partial charge in [0.05, 0.1) is 18.5 Å². The molecule has 24 heavy (non-hydrogen) atoms. The zero-order chi connectivity index (χ0) is 17.7. The molecule has 0 unspecified atom stereocenters. The molecule has 0 aliphatic carbocycles. The van der Waals surface area contributed by atoms with E-state index in [1.165, 1.54) is 5.56 Å². The minimum atomic E-state index is -0.480. The number of hydroxylamine groups is 2. The molecule has 1 aliphatic heterocycles. The molecule has 0 aromatic heterocycles. The number of piperazine rings is 1. The maximum Gasteiger partial charge on any atom is 0.330 e. The van der Waals surface area contributed by atoms with E-state index in [1.807, 2.05) is 20.8 Å². The normalized spacial score (nSPS) is 16.3. The molecule has 1 fully saturated rings. The average Bonchev–Trinajstić information content (AvgIpc) is 2.55. The highest BCUT2D eigenvalue weighted by Crippen LogP contribution is 2.22. The minimum Gasteiger partial charge on any atom is -0.369 e. The summed E-state index contributed by atoms with van der Waals surface area (Å²) >= 11 is 0. The highest BCUT2D eigenvalue weighted by atomic mass is 16.7. The second-order valence-electron chi connectivity index (χ2n) is 7.24. The Kier molecular flexibility index (Phi) is 6.21. The van der Waals surface area contributed by atoms with Crippen LogP contribution in [0.2, 0.25) is 0 Å². The first kappa shape index (κ1) is 18.7. The van der Waals surface area contributed by atoms with Crippen LogP contribution in [0, 0.1) is 5.41 Å². The van der Waals surface area contributed by atoms with Crippen LogP contribution in [0.1, 0.15) is 31.9 Å². The number of benzene rings is 1. The van der Waals surface area contributed by atoms with Crippen LogP contribution in [0.25, 0.3) is 0 Å². The molecule has 6 nitrogen and oxygen atoms in total. The van der Waals surface area contributed by atoms with Crippen molar-refractivity contribution in [3.05, 3.63) is 29.3 Å². The van der Waals surface area contributed by atoms with E-state index >= 15 is 0 Å². The van der Waals surface area contributed by atoms with Gasteiger partial charge in [0.2, 0.25) is 0 Å². The summed E-state index contributed by atoms with van der Waals surface area (Å²) in [5.74, 6) is -0.187. The molecular weight excluding hydrogens is 304 g/mol.